The molecule has 1 N–H and O–H groups in total. The molecular weight excluding hydrogens is 412 g/mol. The molecule has 2 rings (SSSR count). The van der Waals surface area contributed by atoms with E-state index < -0.39 is 0 Å². The molecule has 0 aromatic heterocycles. The minimum absolute atomic E-state index is 0.0482. The molecule has 0 heterocycles. The first-order chi connectivity index (χ1) is 10.5. The van der Waals surface area contributed by atoms with Gasteiger partial charge >= 0.3 is 0 Å². The number of aryl methyl sites for hydroxylation is 1. The molecule has 4 nitrogen and oxygen atoms in total. The number of carbonyl (C=O) groups is 1. The number of hydrogen-bond acceptors (Lipinski definition) is 3. The number of halogens is 2. The largest absolute Gasteiger partial charge is 0.482 e. The molecule has 1 fully saturated rings. The van der Waals surface area contributed by atoms with Gasteiger partial charge in [-0.3, -0.25) is 4.79 Å². The van der Waals surface area contributed by atoms with Crippen LogP contribution >= 0.6 is 31.9 Å². The quantitative estimate of drug-likeness (QED) is 0.709. The third-order valence-electron chi connectivity index (χ3n) is 3.63. The fourth-order valence-corrected chi connectivity index (χ4v) is 4.10. The van der Waals surface area contributed by atoms with Gasteiger partial charge in [-0.05, 0) is 72.2 Å². The number of nitrogens with zero attached hydrogens (tertiary/aromatic N) is 1. The summed E-state index contributed by atoms with van der Waals surface area (Å²) in [6.45, 7) is 4.10. The van der Waals surface area contributed by atoms with Crippen molar-refractivity contribution in [3.63, 3.8) is 0 Å². The van der Waals surface area contributed by atoms with Gasteiger partial charge in [-0.25, -0.2) is 5.43 Å². The molecule has 6 heteroatoms. The second-order valence-corrected chi connectivity index (χ2v) is 7.51. The lowest BCUT2D eigenvalue weighted by Gasteiger charge is -2.19. The molecule has 22 heavy (non-hydrogen) atoms. The molecule has 120 valence electrons. The predicted octanol–water partition coefficient (Wildman–Crippen LogP) is 4.58. The van der Waals surface area contributed by atoms with Crippen molar-refractivity contribution in [3.05, 3.63) is 26.6 Å². The van der Waals surface area contributed by atoms with Gasteiger partial charge in [-0.2, -0.15) is 5.10 Å². The van der Waals surface area contributed by atoms with Gasteiger partial charge in [0.05, 0.1) is 4.47 Å². The van der Waals surface area contributed by atoms with Gasteiger partial charge in [0.25, 0.3) is 5.91 Å². The lowest BCUT2D eigenvalue weighted by atomic mass is 9.89. The van der Waals surface area contributed by atoms with Crippen molar-refractivity contribution in [3.8, 4) is 5.75 Å². The zero-order valence-corrected chi connectivity index (χ0v) is 16.0. The van der Waals surface area contributed by atoms with E-state index >= 15 is 0 Å². The van der Waals surface area contributed by atoms with E-state index in [-0.39, 0.29) is 12.5 Å². The molecule has 1 atom stereocenters. The molecule has 1 unspecified atom stereocenters. The highest BCUT2D eigenvalue weighted by molar-refractivity contribution is 9.11. The topological polar surface area (TPSA) is 50.7 Å². The van der Waals surface area contributed by atoms with Crippen LogP contribution in [-0.4, -0.2) is 18.2 Å². The number of rotatable bonds is 4. The van der Waals surface area contributed by atoms with Gasteiger partial charge in [-0.1, -0.05) is 22.9 Å². The van der Waals surface area contributed by atoms with Gasteiger partial charge in [-0.15, -0.1) is 0 Å². The molecule has 0 aliphatic heterocycles. The summed E-state index contributed by atoms with van der Waals surface area (Å²) in [6.07, 6.45) is 4.34. The minimum Gasteiger partial charge on any atom is -0.482 e. The number of ether oxygens (including phenoxy) is 1. The van der Waals surface area contributed by atoms with E-state index in [4.69, 9.17) is 4.74 Å². The van der Waals surface area contributed by atoms with Crippen molar-refractivity contribution in [2.24, 2.45) is 11.0 Å². The summed E-state index contributed by atoms with van der Waals surface area (Å²) in [5.74, 6) is 1.10. The third-order valence-corrected chi connectivity index (χ3v) is 4.67. The first kappa shape index (κ1) is 17.5. The fourth-order valence-electron chi connectivity index (χ4n) is 2.55. The van der Waals surface area contributed by atoms with Crippen molar-refractivity contribution >= 4 is 43.5 Å². The van der Waals surface area contributed by atoms with Gasteiger partial charge in [0.2, 0.25) is 0 Å². The standard InChI is InChI=1S/C16H20Br2N2O2/c1-10-4-3-5-13(6-10)19-20-15(21)9-22-16-11(2)7-12(17)8-14(16)18/h7-8,10H,3-6,9H2,1-2H3,(H,20,21)/b19-13-. The van der Waals surface area contributed by atoms with Gasteiger partial charge in [0.15, 0.2) is 6.61 Å². The Labute approximate surface area is 148 Å². The molecule has 1 amide bonds. The highest BCUT2D eigenvalue weighted by Crippen LogP contribution is 2.32. The number of amides is 1. The van der Waals surface area contributed by atoms with Crippen LogP contribution in [-0.2, 0) is 4.79 Å². The second-order valence-electron chi connectivity index (χ2n) is 5.74. The first-order valence-electron chi connectivity index (χ1n) is 7.38. The van der Waals surface area contributed by atoms with Crippen LogP contribution in [0.3, 0.4) is 0 Å². The predicted molar refractivity (Wildman–Crippen MR) is 95.3 cm³/mol. The summed E-state index contributed by atoms with van der Waals surface area (Å²) in [7, 11) is 0. The maximum atomic E-state index is 11.9. The van der Waals surface area contributed by atoms with Crippen LogP contribution in [0.4, 0.5) is 0 Å². The number of carbonyl (C=O) groups excluding carboxylic acids is 1. The van der Waals surface area contributed by atoms with Crippen LogP contribution in [0.5, 0.6) is 5.75 Å². The highest BCUT2D eigenvalue weighted by Gasteiger charge is 2.14. The van der Waals surface area contributed by atoms with Crippen molar-refractivity contribution in [2.75, 3.05) is 6.61 Å². The lowest BCUT2D eigenvalue weighted by Crippen LogP contribution is -2.27. The first-order valence-corrected chi connectivity index (χ1v) is 8.97. The molecule has 0 saturated heterocycles. The summed E-state index contributed by atoms with van der Waals surface area (Å²) in [5.41, 5.74) is 4.63. The molecule has 1 aromatic carbocycles. The molecular formula is C16H20Br2N2O2. The Kier molecular flexibility index (Phi) is 6.44. The molecule has 1 aliphatic rings. The van der Waals surface area contributed by atoms with E-state index in [2.05, 4.69) is 49.3 Å². The molecule has 0 spiro atoms. The monoisotopic (exact) mass is 430 g/mol. The van der Waals surface area contributed by atoms with Crippen molar-refractivity contribution < 1.29 is 9.53 Å². The van der Waals surface area contributed by atoms with E-state index in [1.54, 1.807) is 0 Å². The van der Waals surface area contributed by atoms with E-state index in [1.165, 1.54) is 6.42 Å². The summed E-state index contributed by atoms with van der Waals surface area (Å²) in [6, 6.07) is 3.84. The summed E-state index contributed by atoms with van der Waals surface area (Å²) in [4.78, 5) is 11.9. The highest BCUT2D eigenvalue weighted by atomic mass is 79.9. The Morgan fingerprint density at radius 3 is 2.91 bits per heavy atom. The Morgan fingerprint density at radius 1 is 1.45 bits per heavy atom. The Balaban J connectivity index is 1.87. The van der Waals surface area contributed by atoms with Gasteiger partial charge < -0.3 is 4.74 Å². The van der Waals surface area contributed by atoms with E-state index in [0.29, 0.717) is 11.7 Å². The van der Waals surface area contributed by atoms with Gasteiger partial charge in [0, 0.05) is 10.2 Å². The van der Waals surface area contributed by atoms with Crippen LogP contribution in [0, 0.1) is 12.8 Å². The van der Waals surface area contributed by atoms with Crippen LogP contribution in [0.25, 0.3) is 0 Å². The molecule has 1 saturated carbocycles. The second kappa shape index (κ2) is 8.11. The smallest absolute Gasteiger partial charge is 0.277 e. The normalized spacial score (nSPS) is 20.0. The fraction of sp³-hybridized carbons (Fsp3) is 0.500. The molecule has 1 aromatic rings. The molecule has 1 aliphatic carbocycles. The Hall–Kier alpha value is -0.880. The average Bonchev–Trinajstić information content (AvgIpc) is 2.44. The van der Waals surface area contributed by atoms with Crippen molar-refractivity contribution in [1.82, 2.24) is 5.43 Å². The third kappa shape index (κ3) is 5.09. The average molecular weight is 432 g/mol. The zero-order valence-electron chi connectivity index (χ0n) is 12.8. The Morgan fingerprint density at radius 2 is 2.23 bits per heavy atom. The maximum Gasteiger partial charge on any atom is 0.277 e. The summed E-state index contributed by atoms with van der Waals surface area (Å²) >= 11 is 6.86. The molecule has 0 bridgehead atoms. The number of hydrogen-bond donors (Lipinski definition) is 1. The number of hydrazone groups is 1. The zero-order chi connectivity index (χ0) is 16.1. The SMILES string of the molecule is Cc1cc(Br)cc(Br)c1OCC(=O)N/N=C1/CCCC(C)C1. The van der Waals surface area contributed by atoms with Crippen molar-refractivity contribution in [2.45, 2.75) is 39.5 Å². The van der Waals surface area contributed by atoms with Crippen molar-refractivity contribution in [1.29, 1.82) is 0 Å². The van der Waals surface area contributed by atoms with Gasteiger partial charge in [0.1, 0.15) is 5.75 Å². The summed E-state index contributed by atoms with van der Waals surface area (Å²) in [5, 5.41) is 4.22. The Bertz CT molecular complexity index is 565. The minimum atomic E-state index is -0.236. The maximum absolute atomic E-state index is 11.9. The number of nitrogens with one attached hydrogen (secondary N) is 1. The lowest BCUT2D eigenvalue weighted by molar-refractivity contribution is -0.123. The van der Waals surface area contributed by atoms with Crippen LogP contribution in [0.15, 0.2) is 26.2 Å². The van der Waals surface area contributed by atoms with E-state index in [1.807, 2.05) is 19.1 Å². The van der Waals surface area contributed by atoms with E-state index in [9.17, 15) is 4.79 Å². The molecule has 0 radical (unpaired) electrons. The van der Waals surface area contributed by atoms with Crippen LogP contribution < -0.4 is 10.2 Å². The summed E-state index contributed by atoms with van der Waals surface area (Å²) < 4.78 is 7.38. The van der Waals surface area contributed by atoms with Crippen LogP contribution in [0.2, 0.25) is 0 Å². The van der Waals surface area contributed by atoms with E-state index in [0.717, 1.165) is 39.5 Å². The van der Waals surface area contributed by atoms with Crippen LogP contribution in [0.1, 0.15) is 38.2 Å². The number of benzene rings is 1.